The molecule has 3 aromatic carbocycles. The van der Waals surface area contributed by atoms with Crippen molar-refractivity contribution < 1.29 is 19.1 Å². The normalized spacial score (nSPS) is 13.2. The average molecular weight is 528 g/mol. The molecule has 39 heavy (non-hydrogen) atoms. The Balaban J connectivity index is 0.000000983. The van der Waals surface area contributed by atoms with E-state index in [1.165, 1.54) is 23.6 Å². The lowest BCUT2D eigenvalue weighted by Crippen LogP contribution is -2.13. The second-order valence-electron chi connectivity index (χ2n) is 10.5. The van der Waals surface area contributed by atoms with Crippen molar-refractivity contribution in [2.45, 2.75) is 59.4 Å². The average Bonchev–Trinajstić information content (AvgIpc) is 3.57. The van der Waals surface area contributed by atoms with Gasteiger partial charge < -0.3 is 24.7 Å². The van der Waals surface area contributed by atoms with Gasteiger partial charge in [-0.25, -0.2) is 0 Å². The van der Waals surface area contributed by atoms with E-state index in [9.17, 15) is 9.59 Å². The van der Waals surface area contributed by atoms with Crippen LogP contribution in [-0.4, -0.2) is 43.2 Å². The van der Waals surface area contributed by atoms with Gasteiger partial charge in [-0.2, -0.15) is 0 Å². The van der Waals surface area contributed by atoms with Crippen LogP contribution in [0.1, 0.15) is 59.8 Å². The summed E-state index contributed by atoms with van der Waals surface area (Å²) in [6, 6.07) is 14.9. The molecule has 2 heterocycles. The SMILES string of the molecule is CC(=O)OCCCn1c2ccc(COC(C)C)cc2c2c3c(c4c(c21)Cc1ccccc1-4)C(=O)NC3.CNC. The van der Waals surface area contributed by atoms with Crippen LogP contribution in [0.15, 0.2) is 42.5 Å². The molecule has 0 fully saturated rings. The van der Waals surface area contributed by atoms with Crippen molar-refractivity contribution in [3.8, 4) is 11.1 Å². The fourth-order valence-corrected chi connectivity index (χ4v) is 5.85. The minimum atomic E-state index is -0.259. The van der Waals surface area contributed by atoms with Gasteiger partial charge in [0.05, 0.1) is 30.4 Å². The largest absolute Gasteiger partial charge is 0.466 e. The minimum Gasteiger partial charge on any atom is -0.466 e. The van der Waals surface area contributed by atoms with E-state index in [1.54, 1.807) is 0 Å². The fraction of sp³-hybridized carbons (Fsp3) is 0.375. The molecule has 2 N–H and O–H groups in total. The molecule has 1 aliphatic carbocycles. The highest BCUT2D eigenvalue weighted by atomic mass is 16.5. The molecule has 1 aromatic heterocycles. The lowest BCUT2D eigenvalue weighted by atomic mass is 9.92. The molecule has 2 aliphatic rings. The Kier molecular flexibility index (Phi) is 7.73. The summed E-state index contributed by atoms with van der Waals surface area (Å²) >= 11 is 0. The van der Waals surface area contributed by atoms with Crippen LogP contribution in [0.3, 0.4) is 0 Å². The van der Waals surface area contributed by atoms with E-state index < -0.39 is 0 Å². The maximum absolute atomic E-state index is 13.2. The maximum Gasteiger partial charge on any atom is 0.302 e. The van der Waals surface area contributed by atoms with E-state index in [2.05, 4.69) is 51.6 Å². The summed E-state index contributed by atoms with van der Waals surface area (Å²) in [7, 11) is 3.75. The number of aryl methyl sites for hydroxylation is 1. The summed E-state index contributed by atoms with van der Waals surface area (Å²) in [5.41, 5.74) is 10.0. The second kappa shape index (κ2) is 11.2. The highest BCUT2D eigenvalue weighted by molar-refractivity contribution is 6.20. The molecule has 0 saturated carbocycles. The Morgan fingerprint density at radius 3 is 2.62 bits per heavy atom. The van der Waals surface area contributed by atoms with Crippen LogP contribution in [-0.2, 0) is 40.4 Å². The van der Waals surface area contributed by atoms with Gasteiger partial charge in [0.2, 0.25) is 0 Å². The monoisotopic (exact) mass is 527 g/mol. The number of fused-ring (bicyclic) bond motifs is 10. The van der Waals surface area contributed by atoms with Crippen molar-refractivity contribution >= 4 is 33.7 Å². The molecular weight excluding hydrogens is 490 g/mol. The van der Waals surface area contributed by atoms with Gasteiger partial charge in [0.1, 0.15) is 0 Å². The number of aromatic nitrogens is 1. The number of hydrogen-bond donors (Lipinski definition) is 2. The van der Waals surface area contributed by atoms with Gasteiger partial charge in [0, 0.05) is 48.3 Å². The van der Waals surface area contributed by atoms with Gasteiger partial charge in [-0.1, -0.05) is 30.3 Å². The standard InChI is InChI=1S/C30H30N2O4.C2H7N/c1-17(2)36-16-19-9-10-25-22(13-19)27-24-15-31-30(34)28(24)26-21-8-5-4-7-20(21)14-23(26)29(27)32(25)11-6-12-35-18(3)33;1-3-2/h4-5,7-10,13,17H,6,11-12,14-16H2,1-3H3,(H,31,34);3H,1-2H3. The van der Waals surface area contributed by atoms with Crippen molar-refractivity contribution in [2.24, 2.45) is 0 Å². The second-order valence-corrected chi connectivity index (χ2v) is 10.5. The molecule has 7 nitrogen and oxygen atoms in total. The zero-order valence-electron chi connectivity index (χ0n) is 23.4. The van der Waals surface area contributed by atoms with E-state index in [0.717, 1.165) is 57.1 Å². The Labute approximate surface area is 229 Å². The van der Waals surface area contributed by atoms with Crippen molar-refractivity contribution in [3.05, 3.63) is 70.3 Å². The number of esters is 1. The van der Waals surface area contributed by atoms with Crippen LogP contribution >= 0.6 is 0 Å². The molecule has 0 unspecified atom stereocenters. The van der Waals surface area contributed by atoms with Crippen molar-refractivity contribution in [1.29, 1.82) is 0 Å². The van der Waals surface area contributed by atoms with E-state index >= 15 is 0 Å². The summed E-state index contributed by atoms with van der Waals surface area (Å²) < 4.78 is 13.5. The van der Waals surface area contributed by atoms with Crippen molar-refractivity contribution in [1.82, 2.24) is 15.2 Å². The topological polar surface area (TPSA) is 81.6 Å². The van der Waals surface area contributed by atoms with Crippen molar-refractivity contribution in [3.63, 3.8) is 0 Å². The maximum atomic E-state index is 13.2. The highest BCUT2D eigenvalue weighted by Crippen LogP contribution is 2.48. The van der Waals surface area contributed by atoms with E-state index in [1.807, 2.05) is 34.0 Å². The fourth-order valence-electron chi connectivity index (χ4n) is 5.85. The summed E-state index contributed by atoms with van der Waals surface area (Å²) in [4.78, 5) is 24.5. The van der Waals surface area contributed by atoms with Gasteiger partial charge >= 0.3 is 5.97 Å². The third-order valence-corrected chi connectivity index (χ3v) is 7.29. The summed E-state index contributed by atoms with van der Waals surface area (Å²) in [6.45, 7) is 7.69. The Morgan fingerprint density at radius 2 is 1.87 bits per heavy atom. The van der Waals surface area contributed by atoms with Gasteiger partial charge in [0.25, 0.3) is 5.91 Å². The van der Waals surface area contributed by atoms with Gasteiger partial charge in [-0.05, 0) is 74.3 Å². The highest BCUT2D eigenvalue weighted by Gasteiger charge is 2.35. The lowest BCUT2D eigenvalue weighted by molar-refractivity contribution is -0.141. The quantitative estimate of drug-likeness (QED) is 0.221. The first-order chi connectivity index (χ1) is 18.8. The lowest BCUT2D eigenvalue weighted by Gasteiger charge is -2.13. The number of carbonyl (C=O) groups excluding carboxylic acids is 2. The smallest absolute Gasteiger partial charge is 0.302 e. The number of ether oxygens (including phenoxy) is 2. The number of nitrogens with zero attached hydrogens (tertiary/aromatic N) is 1. The molecule has 7 heteroatoms. The number of rotatable bonds is 7. The van der Waals surface area contributed by atoms with Crippen LogP contribution in [0, 0.1) is 0 Å². The Hall–Kier alpha value is -3.68. The molecule has 6 rings (SSSR count). The van der Waals surface area contributed by atoms with Crippen LogP contribution in [0.4, 0.5) is 0 Å². The van der Waals surface area contributed by atoms with Gasteiger partial charge in [0.15, 0.2) is 0 Å². The first-order valence-corrected chi connectivity index (χ1v) is 13.7. The minimum absolute atomic E-state index is 0.00917. The third-order valence-electron chi connectivity index (χ3n) is 7.29. The zero-order chi connectivity index (χ0) is 27.7. The third kappa shape index (κ3) is 4.92. The zero-order valence-corrected chi connectivity index (χ0v) is 23.4. The van der Waals surface area contributed by atoms with Crippen LogP contribution in [0.5, 0.6) is 0 Å². The summed E-state index contributed by atoms with van der Waals surface area (Å²) in [6.07, 6.45) is 1.66. The Morgan fingerprint density at radius 1 is 1.10 bits per heavy atom. The molecular formula is C32H37N3O4. The number of carbonyl (C=O) groups is 2. The molecule has 0 atom stereocenters. The number of amides is 1. The summed E-state index contributed by atoms with van der Waals surface area (Å²) in [5, 5.41) is 8.15. The van der Waals surface area contributed by atoms with Crippen LogP contribution in [0.2, 0.25) is 0 Å². The number of hydrogen-bond acceptors (Lipinski definition) is 5. The van der Waals surface area contributed by atoms with Gasteiger partial charge in [-0.15, -0.1) is 0 Å². The predicted molar refractivity (Wildman–Crippen MR) is 155 cm³/mol. The first-order valence-electron chi connectivity index (χ1n) is 13.7. The molecule has 1 amide bonds. The van der Waals surface area contributed by atoms with E-state index in [0.29, 0.717) is 26.2 Å². The van der Waals surface area contributed by atoms with E-state index in [4.69, 9.17) is 9.47 Å². The van der Waals surface area contributed by atoms with Crippen LogP contribution < -0.4 is 10.6 Å². The molecule has 204 valence electrons. The molecule has 0 bridgehead atoms. The van der Waals surface area contributed by atoms with E-state index in [-0.39, 0.29) is 18.0 Å². The van der Waals surface area contributed by atoms with Gasteiger partial charge in [-0.3, -0.25) is 9.59 Å². The Bertz CT molecular complexity index is 1570. The van der Waals surface area contributed by atoms with Crippen LogP contribution in [0.25, 0.3) is 32.9 Å². The molecule has 0 spiro atoms. The van der Waals surface area contributed by atoms with Crippen molar-refractivity contribution in [2.75, 3.05) is 20.7 Å². The first kappa shape index (κ1) is 26.9. The molecule has 1 aliphatic heterocycles. The summed E-state index contributed by atoms with van der Waals surface area (Å²) in [5.74, 6) is -0.249. The molecule has 4 aromatic rings. The predicted octanol–water partition coefficient (Wildman–Crippen LogP) is 5.32. The number of benzene rings is 3. The molecule has 0 radical (unpaired) electrons. The molecule has 0 saturated heterocycles. The number of nitrogens with one attached hydrogen (secondary N) is 2.